The van der Waals surface area contributed by atoms with Crippen LogP contribution in [0.1, 0.15) is 36.8 Å². The van der Waals surface area contributed by atoms with E-state index in [1.54, 1.807) is 0 Å². The Balaban J connectivity index is 2.53. The summed E-state index contributed by atoms with van der Waals surface area (Å²) >= 11 is 0. The van der Waals surface area contributed by atoms with Crippen molar-refractivity contribution >= 4 is 0 Å². The topological polar surface area (TPSA) is 156 Å². The molecule has 0 aliphatic rings. The van der Waals surface area contributed by atoms with Crippen LogP contribution in [0.5, 0.6) is 0 Å². The predicted octanol–water partition coefficient (Wildman–Crippen LogP) is -1.82. The minimum Gasteiger partial charge on any atom is -0.390 e. The van der Waals surface area contributed by atoms with Crippen molar-refractivity contribution in [1.82, 2.24) is 9.97 Å². The van der Waals surface area contributed by atoms with Gasteiger partial charge in [-0.15, -0.1) is 0 Å². The second-order valence-corrected chi connectivity index (χ2v) is 5.00. The molecule has 0 saturated carbocycles. The molecule has 1 rings (SSSR count). The molecule has 0 aliphatic carbocycles. The predicted molar refractivity (Wildman–Crippen MR) is 73.0 cm³/mol. The van der Waals surface area contributed by atoms with E-state index in [9.17, 15) is 15.3 Å². The summed E-state index contributed by atoms with van der Waals surface area (Å²) in [6.07, 6.45) is -0.856. The lowest BCUT2D eigenvalue weighted by molar-refractivity contribution is -0.314. The van der Waals surface area contributed by atoms with Crippen LogP contribution in [0.3, 0.4) is 0 Å². The third kappa shape index (κ3) is 6.71. The molecular formula is C13H22N2O7. The van der Waals surface area contributed by atoms with Crippen molar-refractivity contribution in [2.75, 3.05) is 7.11 Å². The highest BCUT2D eigenvalue weighted by atomic mass is 16.7. The van der Waals surface area contributed by atoms with Gasteiger partial charge in [0.1, 0.15) is 6.10 Å². The molecule has 22 heavy (non-hydrogen) atoms. The fraction of sp³-hybridized carbons (Fsp3) is 0.692. The molecule has 9 heteroatoms. The van der Waals surface area contributed by atoms with Crippen LogP contribution < -0.4 is 0 Å². The van der Waals surface area contributed by atoms with Gasteiger partial charge in [-0.1, -0.05) is 0 Å². The average Bonchev–Trinajstić information content (AvgIpc) is 2.45. The zero-order valence-electron chi connectivity index (χ0n) is 12.2. The van der Waals surface area contributed by atoms with Crippen LogP contribution in [0.25, 0.3) is 0 Å². The van der Waals surface area contributed by atoms with Gasteiger partial charge in [-0.3, -0.25) is 9.97 Å². The second kappa shape index (κ2) is 8.44. The lowest BCUT2D eigenvalue weighted by atomic mass is 10.1. The molecule has 126 valence electrons. The van der Waals surface area contributed by atoms with Crippen LogP contribution in [0, 0.1) is 0 Å². The Morgan fingerprint density at radius 2 is 1.82 bits per heavy atom. The smallest absolute Gasteiger partial charge is 0.275 e. The summed E-state index contributed by atoms with van der Waals surface area (Å²) in [7, 11) is 1.28. The van der Waals surface area contributed by atoms with E-state index in [1.165, 1.54) is 19.5 Å². The van der Waals surface area contributed by atoms with E-state index in [0.717, 1.165) is 0 Å². The maximum absolute atomic E-state index is 9.89. The van der Waals surface area contributed by atoms with Gasteiger partial charge in [0.2, 0.25) is 0 Å². The molecule has 1 aromatic rings. The molecule has 0 spiro atoms. The van der Waals surface area contributed by atoms with Gasteiger partial charge in [-0.2, -0.15) is 0 Å². The molecule has 0 aliphatic heterocycles. The van der Waals surface area contributed by atoms with Crippen molar-refractivity contribution in [3.63, 3.8) is 0 Å². The Kier molecular flexibility index (Phi) is 7.23. The Morgan fingerprint density at radius 3 is 2.32 bits per heavy atom. The van der Waals surface area contributed by atoms with Crippen molar-refractivity contribution in [3.05, 3.63) is 23.8 Å². The molecule has 3 atom stereocenters. The summed E-state index contributed by atoms with van der Waals surface area (Å²) in [5.74, 6) is -2.70. The normalized spacial score (nSPS) is 16.3. The fourth-order valence-electron chi connectivity index (χ4n) is 1.78. The number of nitrogens with zero attached hydrogens (tertiary/aromatic N) is 2. The minimum atomic E-state index is -2.70. The van der Waals surface area contributed by atoms with Crippen LogP contribution >= 0.6 is 0 Å². The van der Waals surface area contributed by atoms with E-state index < -0.39 is 24.5 Å². The number of aliphatic hydroxyl groups is 6. The first-order valence-electron chi connectivity index (χ1n) is 6.78. The van der Waals surface area contributed by atoms with Gasteiger partial charge in [0, 0.05) is 26.1 Å². The largest absolute Gasteiger partial charge is 0.390 e. The minimum absolute atomic E-state index is 0.139. The van der Waals surface area contributed by atoms with Crippen molar-refractivity contribution in [3.8, 4) is 0 Å². The number of methoxy groups -OCH3 is 1. The van der Waals surface area contributed by atoms with Crippen LogP contribution in [0.15, 0.2) is 12.4 Å². The van der Waals surface area contributed by atoms with Crippen LogP contribution in [-0.2, 0) is 11.2 Å². The first kappa shape index (κ1) is 18.8. The van der Waals surface area contributed by atoms with Gasteiger partial charge in [-0.25, -0.2) is 0 Å². The van der Waals surface area contributed by atoms with E-state index in [2.05, 4.69) is 14.7 Å². The highest BCUT2D eigenvalue weighted by Crippen LogP contribution is 2.18. The van der Waals surface area contributed by atoms with E-state index in [0.29, 0.717) is 12.1 Å². The number of aliphatic hydroxyl groups excluding tert-OH is 3. The number of rotatable bonds is 9. The molecule has 0 amide bonds. The lowest BCUT2D eigenvalue weighted by Crippen LogP contribution is -2.27. The molecule has 0 fully saturated rings. The van der Waals surface area contributed by atoms with E-state index in [4.69, 9.17) is 15.3 Å². The molecule has 0 radical (unpaired) electrons. The molecule has 0 saturated heterocycles. The lowest BCUT2D eigenvalue weighted by Gasteiger charge is -2.19. The Morgan fingerprint density at radius 1 is 1.14 bits per heavy atom. The quantitative estimate of drug-likeness (QED) is 0.288. The van der Waals surface area contributed by atoms with Crippen molar-refractivity contribution in [2.24, 2.45) is 0 Å². The Bertz CT molecular complexity index is 435. The van der Waals surface area contributed by atoms with Gasteiger partial charge in [0.15, 0.2) is 6.29 Å². The van der Waals surface area contributed by atoms with Crippen LogP contribution in [0.4, 0.5) is 0 Å². The first-order valence-corrected chi connectivity index (χ1v) is 6.78. The Labute approximate surface area is 127 Å². The maximum Gasteiger partial charge on any atom is 0.275 e. The molecule has 1 aromatic heterocycles. The fourth-order valence-corrected chi connectivity index (χ4v) is 1.78. The van der Waals surface area contributed by atoms with E-state index in [-0.39, 0.29) is 25.0 Å². The zero-order valence-corrected chi connectivity index (χ0v) is 12.2. The number of hydrogen-bond acceptors (Lipinski definition) is 9. The highest BCUT2D eigenvalue weighted by molar-refractivity contribution is 5.06. The van der Waals surface area contributed by atoms with Gasteiger partial charge >= 0.3 is 0 Å². The number of aromatic nitrogens is 2. The number of hydrogen-bond donors (Lipinski definition) is 6. The monoisotopic (exact) mass is 318 g/mol. The van der Waals surface area contributed by atoms with Crippen LogP contribution in [-0.4, -0.2) is 66.1 Å². The standard InChI is InChI=1S/C13H22N2O7/c1-22-11(17)5-10(16)12(18)9-7-14-8(6-15-9)3-2-4-13(19,20)21/h6-7,10-12,16-21H,2-5H2,1H3. The van der Waals surface area contributed by atoms with E-state index >= 15 is 0 Å². The third-order valence-corrected chi connectivity index (χ3v) is 3.05. The van der Waals surface area contributed by atoms with Crippen molar-refractivity contribution < 1.29 is 35.4 Å². The third-order valence-electron chi connectivity index (χ3n) is 3.05. The maximum atomic E-state index is 9.89. The number of aryl methyl sites for hydroxylation is 1. The van der Waals surface area contributed by atoms with Gasteiger partial charge in [0.25, 0.3) is 5.97 Å². The molecule has 9 nitrogen and oxygen atoms in total. The highest BCUT2D eigenvalue weighted by Gasteiger charge is 2.23. The molecule has 3 unspecified atom stereocenters. The first-order chi connectivity index (χ1) is 10.2. The summed E-state index contributed by atoms with van der Waals surface area (Å²) in [5, 5.41) is 55.1. The zero-order chi connectivity index (χ0) is 16.8. The Hall–Kier alpha value is -1.20. The van der Waals surface area contributed by atoms with Gasteiger partial charge in [-0.05, 0) is 12.8 Å². The molecule has 6 N–H and O–H groups in total. The molecular weight excluding hydrogens is 296 g/mol. The molecule has 0 aromatic carbocycles. The molecule has 0 bridgehead atoms. The second-order valence-electron chi connectivity index (χ2n) is 5.00. The summed E-state index contributed by atoms with van der Waals surface area (Å²) in [6, 6.07) is 0. The molecule has 1 heterocycles. The average molecular weight is 318 g/mol. The summed E-state index contributed by atoms with van der Waals surface area (Å²) in [6.45, 7) is 0. The van der Waals surface area contributed by atoms with Gasteiger partial charge in [0.05, 0.1) is 23.7 Å². The number of ether oxygens (including phenoxy) is 1. The van der Waals surface area contributed by atoms with Crippen molar-refractivity contribution in [1.29, 1.82) is 0 Å². The van der Waals surface area contributed by atoms with Gasteiger partial charge < -0.3 is 35.4 Å². The summed E-state index contributed by atoms with van der Waals surface area (Å²) in [5.41, 5.74) is 0.673. The van der Waals surface area contributed by atoms with Crippen LogP contribution in [0.2, 0.25) is 0 Å². The summed E-state index contributed by atoms with van der Waals surface area (Å²) in [4.78, 5) is 7.99. The van der Waals surface area contributed by atoms with E-state index in [1.807, 2.05) is 0 Å². The SMILES string of the molecule is COC(O)CC(O)C(O)c1cnc(CCCC(O)(O)O)cn1. The van der Waals surface area contributed by atoms with Crippen molar-refractivity contribution in [2.45, 2.75) is 50.2 Å². The summed E-state index contributed by atoms with van der Waals surface area (Å²) < 4.78 is 4.58.